The molecule has 0 fully saturated rings. The molecule has 0 amide bonds. The van der Waals surface area contributed by atoms with Crippen molar-refractivity contribution < 1.29 is 4.79 Å². The SMILES string of the molecule is Cc1ccncc1C(=O)CCC(C)(C)C. The molecule has 0 aliphatic heterocycles. The quantitative estimate of drug-likeness (QED) is 0.708. The first-order valence-electron chi connectivity index (χ1n) is 5.34. The van der Waals surface area contributed by atoms with Gasteiger partial charge in [-0.15, -0.1) is 0 Å². The number of hydrogen-bond acceptors (Lipinski definition) is 2. The number of Topliss-reactive ketones (excluding diaryl/α,β-unsaturated/α-hetero) is 1. The highest BCUT2D eigenvalue weighted by molar-refractivity contribution is 5.97. The summed E-state index contributed by atoms with van der Waals surface area (Å²) < 4.78 is 0. The van der Waals surface area contributed by atoms with Gasteiger partial charge in [-0.2, -0.15) is 0 Å². The summed E-state index contributed by atoms with van der Waals surface area (Å²) in [5.41, 5.74) is 2.00. The normalized spacial score (nSPS) is 11.5. The number of hydrogen-bond donors (Lipinski definition) is 0. The molecule has 0 N–H and O–H groups in total. The van der Waals surface area contributed by atoms with E-state index in [9.17, 15) is 4.79 Å². The van der Waals surface area contributed by atoms with Gasteiger partial charge in [-0.3, -0.25) is 9.78 Å². The van der Waals surface area contributed by atoms with Gasteiger partial charge in [-0.25, -0.2) is 0 Å². The van der Waals surface area contributed by atoms with Crippen molar-refractivity contribution in [3.8, 4) is 0 Å². The van der Waals surface area contributed by atoms with Crippen molar-refractivity contribution in [1.29, 1.82) is 0 Å². The summed E-state index contributed by atoms with van der Waals surface area (Å²) >= 11 is 0. The summed E-state index contributed by atoms with van der Waals surface area (Å²) in [5, 5.41) is 0. The van der Waals surface area contributed by atoms with Gasteiger partial charge in [0, 0.05) is 24.4 Å². The minimum absolute atomic E-state index is 0.204. The Bertz CT molecular complexity index is 350. The summed E-state index contributed by atoms with van der Waals surface area (Å²) in [6, 6.07) is 1.88. The second kappa shape index (κ2) is 4.56. The van der Waals surface area contributed by atoms with Crippen LogP contribution in [0.3, 0.4) is 0 Å². The lowest BCUT2D eigenvalue weighted by molar-refractivity contribution is 0.0965. The van der Waals surface area contributed by atoms with Crippen molar-refractivity contribution in [2.24, 2.45) is 5.41 Å². The maximum absolute atomic E-state index is 11.9. The maximum Gasteiger partial charge on any atom is 0.164 e. The molecule has 1 rings (SSSR count). The zero-order valence-electron chi connectivity index (χ0n) is 10.0. The smallest absolute Gasteiger partial charge is 0.164 e. The second-order valence-electron chi connectivity index (χ2n) is 5.17. The Labute approximate surface area is 91.7 Å². The first kappa shape index (κ1) is 11.9. The van der Waals surface area contributed by atoms with E-state index in [1.165, 1.54) is 0 Å². The molecular formula is C13H19NO. The molecule has 0 bridgehead atoms. The van der Waals surface area contributed by atoms with Gasteiger partial charge in [0.1, 0.15) is 0 Å². The highest BCUT2D eigenvalue weighted by Gasteiger charge is 2.15. The molecule has 1 aromatic rings. The van der Waals surface area contributed by atoms with Gasteiger partial charge in [0.05, 0.1) is 0 Å². The van der Waals surface area contributed by atoms with Crippen LogP contribution in [-0.2, 0) is 0 Å². The molecule has 82 valence electrons. The lowest BCUT2D eigenvalue weighted by atomic mass is 9.88. The van der Waals surface area contributed by atoms with E-state index in [1.54, 1.807) is 12.4 Å². The van der Waals surface area contributed by atoms with Crippen LogP contribution in [0.25, 0.3) is 0 Å². The van der Waals surface area contributed by atoms with E-state index < -0.39 is 0 Å². The van der Waals surface area contributed by atoms with Crippen molar-refractivity contribution >= 4 is 5.78 Å². The van der Waals surface area contributed by atoms with Gasteiger partial charge in [0.15, 0.2) is 5.78 Å². The van der Waals surface area contributed by atoms with Crippen molar-refractivity contribution in [3.05, 3.63) is 29.6 Å². The van der Waals surface area contributed by atoms with Crippen LogP contribution in [0.15, 0.2) is 18.5 Å². The molecule has 0 atom stereocenters. The number of ketones is 1. The molecule has 1 aromatic heterocycles. The molecule has 1 heterocycles. The number of pyridine rings is 1. The molecule has 2 heteroatoms. The van der Waals surface area contributed by atoms with Gasteiger partial charge < -0.3 is 0 Å². The first-order chi connectivity index (χ1) is 6.90. The molecule has 0 unspecified atom stereocenters. The van der Waals surface area contributed by atoms with Crippen LogP contribution in [0.1, 0.15) is 49.5 Å². The highest BCUT2D eigenvalue weighted by Crippen LogP contribution is 2.22. The molecule has 0 saturated heterocycles. The average molecular weight is 205 g/mol. The third-order valence-corrected chi connectivity index (χ3v) is 2.44. The number of rotatable bonds is 3. The predicted molar refractivity (Wildman–Crippen MR) is 62.0 cm³/mol. The van der Waals surface area contributed by atoms with E-state index in [2.05, 4.69) is 25.8 Å². The lowest BCUT2D eigenvalue weighted by Crippen LogP contribution is -2.10. The van der Waals surface area contributed by atoms with Crippen LogP contribution >= 0.6 is 0 Å². The molecule has 2 nitrogen and oxygen atoms in total. The fraction of sp³-hybridized carbons (Fsp3) is 0.538. The van der Waals surface area contributed by atoms with Crippen molar-refractivity contribution in [3.63, 3.8) is 0 Å². The zero-order chi connectivity index (χ0) is 11.5. The topological polar surface area (TPSA) is 30.0 Å². The third kappa shape index (κ3) is 3.82. The Morgan fingerprint density at radius 3 is 2.60 bits per heavy atom. The van der Waals surface area contributed by atoms with Crippen LogP contribution in [0.4, 0.5) is 0 Å². The van der Waals surface area contributed by atoms with Gasteiger partial charge in [-0.1, -0.05) is 20.8 Å². The van der Waals surface area contributed by atoms with Gasteiger partial charge in [0.2, 0.25) is 0 Å². The number of aromatic nitrogens is 1. The van der Waals surface area contributed by atoms with E-state index in [1.807, 2.05) is 13.0 Å². The van der Waals surface area contributed by atoms with Crippen molar-refractivity contribution in [1.82, 2.24) is 4.98 Å². The van der Waals surface area contributed by atoms with E-state index in [0.29, 0.717) is 6.42 Å². The lowest BCUT2D eigenvalue weighted by Gasteiger charge is -2.17. The fourth-order valence-electron chi connectivity index (χ4n) is 1.38. The molecule has 0 radical (unpaired) electrons. The van der Waals surface area contributed by atoms with Crippen molar-refractivity contribution in [2.45, 2.75) is 40.5 Å². The first-order valence-corrected chi connectivity index (χ1v) is 5.34. The fourth-order valence-corrected chi connectivity index (χ4v) is 1.38. The minimum atomic E-state index is 0.204. The van der Waals surface area contributed by atoms with Gasteiger partial charge in [-0.05, 0) is 30.4 Å². The summed E-state index contributed by atoms with van der Waals surface area (Å²) in [5.74, 6) is 0.204. The Balaban J connectivity index is 2.66. The predicted octanol–water partition coefficient (Wildman–Crippen LogP) is 3.40. The second-order valence-corrected chi connectivity index (χ2v) is 5.17. The van der Waals surface area contributed by atoms with E-state index in [0.717, 1.165) is 17.5 Å². The third-order valence-electron chi connectivity index (χ3n) is 2.44. The van der Waals surface area contributed by atoms with Crippen LogP contribution in [-0.4, -0.2) is 10.8 Å². The summed E-state index contributed by atoms with van der Waals surface area (Å²) in [7, 11) is 0. The molecular weight excluding hydrogens is 186 g/mol. The van der Waals surface area contributed by atoms with Gasteiger partial charge >= 0.3 is 0 Å². The van der Waals surface area contributed by atoms with E-state index in [4.69, 9.17) is 0 Å². The standard InChI is InChI=1S/C13H19NO/c1-10-6-8-14-9-11(10)12(15)5-7-13(2,3)4/h6,8-9H,5,7H2,1-4H3. The molecule has 0 aliphatic rings. The number of carbonyl (C=O) groups excluding carboxylic acids is 1. The summed E-state index contributed by atoms with van der Waals surface area (Å²) in [4.78, 5) is 15.9. The van der Waals surface area contributed by atoms with E-state index >= 15 is 0 Å². The average Bonchev–Trinajstić information content (AvgIpc) is 2.14. The Morgan fingerprint density at radius 2 is 2.07 bits per heavy atom. The largest absolute Gasteiger partial charge is 0.294 e. The summed E-state index contributed by atoms with van der Waals surface area (Å²) in [6.45, 7) is 8.40. The van der Waals surface area contributed by atoms with Crippen LogP contribution in [0, 0.1) is 12.3 Å². The number of aryl methyl sites for hydroxylation is 1. The summed E-state index contributed by atoms with van der Waals surface area (Å²) in [6.07, 6.45) is 4.91. The zero-order valence-corrected chi connectivity index (χ0v) is 10.0. The number of carbonyl (C=O) groups is 1. The molecule has 0 spiro atoms. The molecule has 0 aromatic carbocycles. The highest BCUT2D eigenvalue weighted by atomic mass is 16.1. The number of nitrogens with zero attached hydrogens (tertiary/aromatic N) is 1. The Hall–Kier alpha value is -1.18. The Kier molecular flexibility index (Phi) is 3.61. The van der Waals surface area contributed by atoms with Crippen LogP contribution in [0.5, 0.6) is 0 Å². The van der Waals surface area contributed by atoms with E-state index in [-0.39, 0.29) is 11.2 Å². The van der Waals surface area contributed by atoms with Crippen LogP contribution in [0.2, 0.25) is 0 Å². The molecule has 15 heavy (non-hydrogen) atoms. The van der Waals surface area contributed by atoms with Gasteiger partial charge in [0.25, 0.3) is 0 Å². The van der Waals surface area contributed by atoms with Crippen LogP contribution < -0.4 is 0 Å². The monoisotopic (exact) mass is 205 g/mol. The van der Waals surface area contributed by atoms with Crippen molar-refractivity contribution in [2.75, 3.05) is 0 Å². The minimum Gasteiger partial charge on any atom is -0.294 e. The molecule has 0 saturated carbocycles. The maximum atomic E-state index is 11.9. The molecule has 0 aliphatic carbocycles. The Morgan fingerprint density at radius 1 is 1.40 bits per heavy atom.